The van der Waals surface area contributed by atoms with Crippen LogP contribution in [0.4, 0.5) is 5.69 Å². The van der Waals surface area contributed by atoms with Gasteiger partial charge in [0, 0.05) is 12.1 Å². The molecule has 0 radical (unpaired) electrons. The topological polar surface area (TPSA) is 126 Å². The van der Waals surface area contributed by atoms with Gasteiger partial charge in [0.2, 0.25) is 0 Å². The zero-order chi connectivity index (χ0) is 20.5. The van der Waals surface area contributed by atoms with E-state index in [9.17, 15) is 19.2 Å². The molecule has 1 unspecified atom stereocenters. The number of rotatable bonds is 13. The molecule has 1 aromatic rings. The summed E-state index contributed by atoms with van der Waals surface area (Å²) in [7, 11) is -7.79. The Bertz CT molecular complexity index is 695. The van der Waals surface area contributed by atoms with Crippen LogP contribution >= 0.6 is 15.3 Å². The van der Waals surface area contributed by atoms with E-state index >= 15 is 0 Å². The highest BCUT2D eigenvalue weighted by molar-refractivity contribution is 7.57. The maximum atomic E-state index is 13.4. The Labute approximate surface area is 158 Å². The highest BCUT2D eigenvalue weighted by Crippen LogP contribution is 2.63. The molecule has 0 heterocycles. The minimum absolute atomic E-state index is 0.0535. The first-order chi connectivity index (χ1) is 12.7. The molecule has 0 saturated carbocycles. The van der Waals surface area contributed by atoms with E-state index in [1.165, 1.54) is 24.3 Å². The quantitative estimate of drug-likeness (QED) is 0.274. The highest BCUT2D eigenvalue weighted by atomic mass is 31.2. The van der Waals surface area contributed by atoms with E-state index in [1.54, 1.807) is 27.7 Å². The fourth-order valence-electron chi connectivity index (χ4n) is 2.28. The minimum Gasteiger partial charge on any atom is -0.308 e. The lowest BCUT2D eigenvalue weighted by Crippen LogP contribution is -2.23. The second kappa shape index (κ2) is 11.0. The maximum absolute atomic E-state index is 13.4. The summed E-state index contributed by atoms with van der Waals surface area (Å²) in [5.41, 5.74) is -0.0180. The van der Waals surface area contributed by atoms with Crippen molar-refractivity contribution in [3.63, 3.8) is 0 Å². The molecule has 0 aliphatic heterocycles. The molecular formula is C15H26N2O8P2. The van der Waals surface area contributed by atoms with Gasteiger partial charge in [-0.3, -0.25) is 23.7 Å². The number of benzene rings is 1. The molecule has 1 N–H and O–H groups in total. The zero-order valence-electron chi connectivity index (χ0n) is 15.8. The van der Waals surface area contributed by atoms with E-state index in [2.05, 4.69) is 5.09 Å². The lowest BCUT2D eigenvalue weighted by atomic mass is 10.2. The molecule has 0 amide bonds. The van der Waals surface area contributed by atoms with Crippen molar-refractivity contribution in [2.45, 2.75) is 33.5 Å². The molecule has 1 atom stereocenters. The Balaban J connectivity index is 3.47. The largest absolute Gasteiger partial charge is 0.406 e. The number of nitrogens with zero attached hydrogens (tertiary/aromatic N) is 1. The van der Waals surface area contributed by atoms with Crippen LogP contribution in [0.25, 0.3) is 0 Å². The van der Waals surface area contributed by atoms with Crippen molar-refractivity contribution in [2.75, 3.05) is 26.4 Å². The van der Waals surface area contributed by atoms with Crippen LogP contribution in [0.5, 0.6) is 0 Å². The molecule has 0 fully saturated rings. The smallest absolute Gasteiger partial charge is 0.308 e. The average Bonchev–Trinajstić information content (AvgIpc) is 2.60. The van der Waals surface area contributed by atoms with Gasteiger partial charge in [0.05, 0.1) is 31.4 Å². The maximum Gasteiger partial charge on any atom is 0.406 e. The summed E-state index contributed by atoms with van der Waals surface area (Å²) in [6.45, 7) is 6.75. The van der Waals surface area contributed by atoms with Gasteiger partial charge in [-0.05, 0) is 33.3 Å². The van der Waals surface area contributed by atoms with Crippen molar-refractivity contribution in [3.8, 4) is 0 Å². The molecule has 154 valence electrons. The van der Waals surface area contributed by atoms with Gasteiger partial charge in [-0.15, -0.1) is 0 Å². The van der Waals surface area contributed by atoms with Crippen LogP contribution in [0, 0.1) is 10.1 Å². The number of hydrogen-bond acceptors (Lipinski definition) is 8. The third kappa shape index (κ3) is 6.76. The Hall–Kier alpha value is -1.12. The van der Waals surface area contributed by atoms with Gasteiger partial charge >= 0.3 is 15.3 Å². The van der Waals surface area contributed by atoms with E-state index in [1.807, 2.05) is 0 Å². The van der Waals surface area contributed by atoms with Gasteiger partial charge in [-0.25, -0.2) is 9.65 Å². The molecule has 0 aliphatic carbocycles. The zero-order valence-corrected chi connectivity index (χ0v) is 17.6. The van der Waals surface area contributed by atoms with Crippen molar-refractivity contribution >= 4 is 21.0 Å². The van der Waals surface area contributed by atoms with Crippen molar-refractivity contribution in [1.29, 1.82) is 0 Å². The lowest BCUT2D eigenvalue weighted by molar-refractivity contribution is -0.384. The fraction of sp³-hybridized carbons (Fsp3) is 0.600. The summed E-state index contributed by atoms with van der Waals surface area (Å²) in [6.07, 6.45) is 0. The molecular weight excluding hydrogens is 398 g/mol. The summed E-state index contributed by atoms with van der Waals surface area (Å²) >= 11 is 0. The molecule has 0 aromatic heterocycles. The summed E-state index contributed by atoms with van der Waals surface area (Å²) in [5.74, 6) is -1.29. The van der Waals surface area contributed by atoms with Gasteiger partial charge in [0.15, 0.2) is 0 Å². The molecule has 0 saturated heterocycles. The predicted molar refractivity (Wildman–Crippen MR) is 101 cm³/mol. The molecule has 0 bridgehead atoms. The van der Waals surface area contributed by atoms with E-state index in [4.69, 9.17) is 18.1 Å². The Morgan fingerprint density at radius 2 is 1.52 bits per heavy atom. The molecule has 27 heavy (non-hydrogen) atoms. The molecule has 1 rings (SSSR count). The van der Waals surface area contributed by atoms with Gasteiger partial charge in [-0.1, -0.05) is 12.1 Å². The van der Waals surface area contributed by atoms with Crippen molar-refractivity contribution < 1.29 is 32.1 Å². The van der Waals surface area contributed by atoms with Gasteiger partial charge in [-0.2, -0.15) is 0 Å². The van der Waals surface area contributed by atoms with Gasteiger partial charge in [0.25, 0.3) is 5.69 Å². The van der Waals surface area contributed by atoms with Crippen LogP contribution in [-0.4, -0.2) is 31.4 Å². The monoisotopic (exact) mass is 424 g/mol. The summed E-state index contributed by atoms with van der Waals surface area (Å²) in [4.78, 5) is 10.5. The Morgan fingerprint density at radius 3 is 1.96 bits per heavy atom. The highest BCUT2D eigenvalue weighted by Gasteiger charge is 2.43. The number of nitro benzene ring substituents is 1. The van der Waals surface area contributed by atoms with Crippen LogP contribution < -0.4 is 5.09 Å². The molecule has 0 spiro atoms. The first-order valence-electron chi connectivity index (χ1n) is 8.55. The number of non-ortho nitro benzene ring substituents is 1. The van der Waals surface area contributed by atoms with E-state index in [0.29, 0.717) is 0 Å². The second-order valence-corrected chi connectivity index (χ2v) is 8.97. The molecule has 12 heteroatoms. The normalized spacial score (nSPS) is 13.5. The summed E-state index contributed by atoms with van der Waals surface area (Å²) in [6, 6.07) is 5.43. The third-order valence-electron chi connectivity index (χ3n) is 3.21. The summed E-state index contributed by atoms with van der Waals surface area (Å²) in [5, 5.41) is 13.7. The molecule has 10 nitrogen and oxygen atoms in total. The Kier molecular flexibility index (Phi) is 9.76. The first-order valence-corrected chi connectivity index (χ1v) is 11.7. The first kappa shape index (κ1) is 23.9. The van der Waals surface area contributed by atoms with Crippen molar-refractivity contribution in [3.05, 3.63) is 39.9 Å². The van der Waals surface area contributed by atoms with Crippen LogP contribution in [0.2, 0.25) is 0 Å². The van der Waals surface area contributed by atoms with Gasteiger partial charge in [0.1, 0.15) is 5.78 Å². The fourth-order valence-corrected chi connectivity index (χ4v) is 6.24. The average molecular weight is 424 g/mol. The van der Waals surface area contributed by atoms with Crippen LogP contribution in [-0.2, 0) is 27.2 Å². The number of nitrogens with one attached hydrogen (secondary N) is 1. The van der Waals surface area contributed by atoms with Crippen LogP contribution in [0.3, 0.4) is 0 Å². The molecule has 0 aliphatic rings. The SMILES string of the molecule is CCOP(=O)(NC(c1cccc([N+](=O)[O-])c1)P(=O)(OCC)OCC)OCC. The standard InChI is InChI=1S/C15H26N2O8P2/c1-5-22-26(20,23-6-2)15(16-27(21,24-7-3)25-8-4)13-10-9-11-14(12-13)17(18)19/h9-12,15H,5-8H2,1-4H3,(H,16,21). The summed E-state index contributed by atoms with van der Waals surface area (Å²) < 4.78 is 47.5. The minimum atomic E-state index is -3.91. The predicted octanol–water partition coefficient (Wildman–Crippen LogP) is 4.63. The Morgan fingerprint density at radius 1 is 1.00 bits per heavy atom. The van der Waals surface area contributed by atoms with E-state index in [0.717, 1.165) is 0 Å². The van der Waals surface area contributed by atoms with E-state index < -0.39 is 26.0 Å². The van der Waals surface area contributed by atoms with Crippen LogP contribution in [0.1, 0.15) is 39.0 Å². The second-order valence-electron chi connectivity index (χ2n) is 5.09. The number of nitro groups is 1. The number of hydrogen-bond donors (Lipinski definition) is 1. The molecule has 1 aromatic carbocycles. The third-order valence-corrected chi connectivity index (χ3v) is 7.48. The van der Waals surface area contributed by atoms with Crippen molar-refractivity contribution in [1.82, 2.24) is 5.09 Å². The van der Waals surface area contributed by atoms with E-state index in [-0.39, 0.29) is 37.7 Å². The van der Waals surface area contributed by atoms with Crippen molar-refractivity contribution in [2.24, 2.45) is 0 Å². The lowest BCUT2D eigenvalue weighted by Gasteiger charge is -2.30. The van der Waals surface area contributed by atoms with Gasteiger partial charge < -0.3 is 9.05 Å². The van der Waals surface area contributed by atoms with Crippen LogP contribution in [0.15, 0.2) is 24.3 Å².